The number of rotatable bonds is 6. The summed E-state index contributed by atoms with van der Waals surface area (Å²) in [7, 11) is 1.65. The molecule has 2 aromatic heterocycles. The van der Waals surface area contributed by atoms with Crippen molar-refractivity contribution < 1.29 is 4.74 Å². The standard InChI is InChI=1S/C22H27N3O2S2/c1-15-16(2)29-20-19(15)21(26)25(17-7-9-18(27-3)10-8-17)22(23-20)28-14-13-24-11-5-4-6-12-24/h7-10H,4-6,11-14H2,1-3H3. The molecule has 0 radical (unpaired) electrons. The Hall–Kier alpha value is -1.83. The molecular formula is C22H27N3O2S2. The van der Waals surface area contributed by atoms with E-state index in [0.717, 1.165) is 49.5 Å². The molecule has 4 rings (SSSR count). The van der Waals surface area contributed by atoms with E-state index < -0.39 is 0 Å². The first-order chi connectivity index (χ1) is 14.1. The maximum atomic E-state index is 13.5. The van der Waals surface area contributed by atoms with Crippen LogP contribution in [0.4, 0.5) is 0 Å². The molecule has 5 nitrogen and oxygen atoms in total. The van der Waals surface area contributed by atoms with Crippen molar-refractivity contribution in [2.24, 2.45) is 0 Å². The van der Waals surface area contributed by atoms with Gasteiger partial charge < -0.3 is 9.64 Å². The minimum Gasteiger partial charge on any atom is -0.497 e. The summed E-state index contributed by atoms with van der Waals surface area (Å²) >= 11 is 3.29. The molecule has 0 amide bonds. The number of aromatic nitrogens is 2. The molecule has 1 saturated heterocycles. The van der Waals surface area contributed by atoms with E-state index in [-0.39, 0.29) is 5.56 Å². The van der Waals surface area contributed by atoms with Gasteiger partial charge in [0.05, 0.1) is 18.2 Å². The highest BCUT2D eigenvalue weighted by Gasteiger charge is 2.18. The Morgan fingerprint density at radius 3 is 2.55 bits per heavy atom. The zero-order valence-corrected chi connectivity index (χ0v) is 18.9. The van der Waals surface area contributed by atoms with Gasteiger partial charge in [-0.15, -0.1) is 11.3 Å². The highest BCUT2D eigenvalue weighted by Crippen LogP contribution is 2.30. The van der Waals surface area contributed by atoms with Crippen LogP contribution in [0.25, 0.3) is 15.9 Å². The van der Waals surface area contributed by atoms with E-state index in [1.165, 1.54) is 32.4 Å². The van der Waals surface area contributed by atoms with Gasteiger partial charge in [-0.25, -0.2) is 4.98 Å². The lowest BCUT2D eigenvalue weighted by Crippen LogP contribution is -2.31. The first kappa shape index (κ1) is 20.4. The van der Waals surface area contributed by atoms with E-state index in [0.29, 0.717) is 0 Å². The van der Waals surface area contributed by atoms with Gasteiger partial charge in [-0.3, -0.25) is 9.36 Å². The van der Waals surface area contributed by atoms with Crippen molar-refractivity contribution in [3.63, 3.8) is 0 Å². The van der Waals surface area contributed by atoms with Crippen molar-refractivity contribution in [2.75, 3.05) is 32.5 Å². The number of ether oxygens (including phenoxy) is 1. The highest BCUT2D eigenvalue weighted by atomic mass is 32.2. The molecule has 0 aliphatic carbocycles. The van der Waals surface area contributed by atoms with Crippen molar-refractivity contribution in [2.45, 2.75) is 38.3 Å². The number of hydrogen-bond acceptors (Lipinski definition) is 6. The maximum Gasteiger partial charge on any atom is 0.267 e. The van der Waals surface area contributed by atoms with Gasteiger partial charge in [0.25, 0.3) is 5.56 Å². The summed E-state index contributed by atoms with van der Waals surface area (Å²) in [5.74, 6) is 1.70. The van der Waals surface area contributed by atoms with Crippen molar-refractivity contribution in [3.05, 3.63) is 45.1 Å². The van der Waals surface area contributed by atoms with E-state index in [1.54, 1.807) is 34.8 Å². The molecule has 1 fully saturated rings. The van der Waals surface area contributed by atoms with Crippen molar-refractivity contribution in [3.8, 4) is 11.4 Å². The molecule has 0 bridgehead atoms. The van der Waals surface area contributed by atoms with Gasteiger partial charge in [-0.05, 0) is 69.6 Å². The largest absolute Gasteiger partial charge is 0.497 e. The third-order valence-corrected chi connectivity index (χ3v) is 7.61. The number of hydrogen-bond donors (Lipinski definition) is 0. The molecule has 3 heterocycles. The summed E-state index contributed by atoms with van der Waals surface area (Å²) in [6.45, 7) is 7.47. The fourth-order valence-electron chi connectivity index (χ4n) is 3.78. The normalized spacial score (nSPS) is 15.1. The molecule has 0 N–H and O–H groups in total. The fourth-order valence-corrected chi connectivity index (χ4v) is 5.86. The number of thioether (sulfide) groups is 1. The van der Waals surface area contributed by atoms with Crippen LogP contribution in [0.3, 0.4) is 0 Å². The Morgan fingerprint density at radius 1 is 1.14 bits per heavy atom. The van der Waals surface area contributed by atoms with Gasteiger partial charge in [0.1, 0.15) is 10.6 Å². The topological polar surface area (TPSA) is 47.4 Å². The second kappa shape index (κ2) is 8.90. The number of methoxy groups -OCH3 is 1. The first-order valence-electron chi connectivity index (χ1n) is 10.1. The van der Waals surface area contributed by atoms with Gasteiger partial charge in [0, 0.05) is 17.2 Å². The number of aryl methyl sites for hydroxylation is 2. The summed E-state index contributed by atoms with van der Waals surface area (Å²) < 4.78 is 7.04. The van der Waals surface area contributed by atoms with Crippen molar-refractivity contribution in [1.29, 1.82) is 0 Å². The van der Waals surface area contributed by atoms with E-state index in [2.05, 4.69) is 11.8 Å². The lowest BCUT2D eigenvalue weighted by atomic mass is 10.1. The van der Waals surface area contributed by atoms with Gasteiger partial charge in [-0.2, -0.15) is 0 Å². The zero-order chi connectivity index (χ0) is 20.4. The van der Waals surface area contributed by atoms with Crippen LogP contribution < -0.4 is 10.3 Å². The molecule has 0 unspecified atom stereocenters. The number of nitrogens with zero attached hydrogens (tertiary/aromatic N) is 3. The van der Waals surface area contributed by atoms with Gasteiger partial charge in [0.15, 0.2) is 5.16 Å². The Bertz CT molecular complexity index is 1050. The van der Waals surface area contributed by atoms with Crippen LogP contribution >= 0.6 is 23.1 Å². The summed E-state index contributed by atoms with van der Waals surface area (Å²) in [5, 5.41) is 1.51. The molecule has 154 valence electrons. The quantitative estimate of drug-likeness (QED) is 0.422. The van der Waals surface area contributed by atoms with E-state index in [1.807, 2.05) is 31.2 Å². The second-order valence-electron chi connectivity index (χ2n) is 7.45. The van der Waals surface area contributed by atoms with Gasteiger partial charge >= 0.3 is 0 Å². The van der Waals surface area contributed by atoms with Crippen LogP contribution in [0.5, 0.6) is 5.75 Å². The Morgan fingerprint density at radius 2 is 1.86 bits per heavy atom. The van der Waals surface area contributed by atoms with Crippen LogP contribution in [0.15, 0.2) is 34.2 Å². The highest BCUT2D eigenvalue weighted by molar-refractivity contribution is 7.99. The van der Waals surface area contributed by atoms with Gasteiger partial charge in [0.2, 0.25) is 0 Å². The zero-order valence-electron chi connectivity index (χ0n) is 17.2. The number of piperidine rings is 1. The lowest BCUT2D eigenvalue weighted by Gasteiger charge is -2.26. The summed E-state index contributed by atoms with van der Waals surface area (Å²) in [4.78, 5) is 22.9. The minimum atomic E-state index is 0.0162. The maximum absolute atomic E-state index is 13.5. The summed E-state index contributed by atoms with van der Waals surface area (Å²) in [6, 6.07) is 7.63. The predicted molar refractivity (Wildman–Crippen MR) is 122 cm³/mol. The molecule has 0 atom stereocenters. The van der Waals surface area contributed by atoms with E-state index in [9.17, 15) is 4.79 Å². The first-order valence-corrected chi connectivity index (χ1v) is 11.9. The Balaban J connectivity index is 1.71. The smallest absolute Gasteiger partial charge is 0.267 e. The van der Waals surface area contributed by atoms with Crippen molar-refractivity contribution in [1.82, 2.24) is 14.5 Å². The monoisotopic (exact) mass is 429 g/mol. The summed E-state index contributed by atoms with van der Waals surface area (Å²) in [6.07, 6.45) is 3.92. The molecule has 0 spiro atoms. The molecule has 0 saturated carbocycles. The summed E-state index contributed by atoms with van der Waals surface area (Å²) in [5.41, 5.74) is 1.88. The average molecular weight is 430 g/mol. The molecular weight excluding hydrogens is 402 g/mol. The predicted octanol–water partition coefficient (Wildman–Crippen LogP) is 4.65. The van der Waals surface area contributed by atoms with Crippen LogP contribution in [-0.4, -0.2) is 46.9 Å². The van der Waals surface area contributed by atoms with Gasteiger partial charge in [-0.1, -0.05) is 18.2 Å². The molecule has 7 heteroatoms. The van der Waals surface area contributed by atoms with Crippen LogP contribution in [0.1, 0.15) is 29.7 Å². The average Bonchev–Trinajstić information content (AvgIpc) is 3.03. The van der Waals surface area contributed by atoms with Crippen LogP contribution in [0, 0.1) is 13.8 Å². The third kappa shape index (κ3) is 4.22. The SMILES string of the molecule is COc1ccc(-n2c(SCCN3CCCCC3)nc3sc(C)c(C)c3c2=O)cc1. The molecule has 1 aliphatic rings. The Labute approximate surface area is 179 Å². The molecule has 1 aromatic carbocycles. The minimum absolute atomic E-state index is 0.0162. The molecule has 29 heavy (non-hydrogen) atoms. The van der Waals surface area contributed by atoms with Crippen molar-refractivity contribution >= 4 is 33.3 Å². The van der Waals surface area contributed by atoms with Crippen LogP contribution in [-0.2, 0) is 0 Å². The van der Waals surface area contributed by atoms with E-state index in [4.69, 9.17) is 9.72 Å². The van der Waals surface area contributed by atoms with Crippen LogP contribution in [0.2, 0.25) is 0 Å². The molecule has 3 aromatic rings. The molecule has 1 aliphatic heterocycles. The fraction of sp³-hybridized carbons (Fsp3) is 0.455. The number of thiophene rings is 1. The number of fused-ring (bicyclic) bond motifs is 1. The number of likely N-dealkylation sites (tertiary alicyclic amines) is 1. The third-order valence-electron chi connectivity index (χ3n) is 5.59. The number of benzene rings is 1. The Kier molecular flexibility index (Phi) is 6.27. The van der Waals surface area contributed by atoms with E-state index >= 15 is 0 Å². The lowest BCUT2D eigenvalue weighted by molar-refractivity contribution is 0.242. The second-order valence-corrected chi connectivity index (χ2v) is 9.71.